The second-order valence-electron chi connectivity index (χ2n) is 5.11. The fourth-order valence-corrected chi connectivity index (χ4v) is 1.54. The minimum atomic E-state index is -1.24. The van der Waals surface area contributed by atoms with Crippen LogP contribution in [0, 0.1) is 0 Å². The topological polar surface area (TPSA) is 58.6 Å². The van der Waals surface area contributed by atoms with Crippen LogP contribution < -0.4 is 5.32 Å². The third-order valence-corrected chi connectivity index (χ3v) is 2.22. The van der Waals surface area contributed by atoms with E-state index in [0.717, 1.165) is 0 Å². The van der Waals surface area contributed by atoms with E-state index in [9.17, 15) is 14.3 Å². The molecule has 88 valence electrons. The van der Waals surface area contributed by atoms with Crippen molar-refractivity contribution in [2.24, 2.45) is 0 Å². The third kappa shape index (κ3) is 3.66. The largest absolute Gasteiger partial charge is 0.444 e. The minimum absolute atomic E-state index is 0.180. The fourth-order valence-electron chi connectivity index (χ4n) is 1.54. The van der Waals surface area contributed by atoms with Gasteiger partial charge in [0.05, 0.1) is 5.60 Å². The molecule has 1 amide bonds. The van der Waals surface area contributed by atoms with Gasteiger partial charge < -0.3 is 15.2 Å². The predicted octanol–water partition coefficient (Wildman–Crippen LogP) is 1.37. The van der Waals surface area contributed by atoms with E-state index in [2.05, 4.69) is 5.32 Å². The lowest BCUT2D eigenvalue weighted by molar-refractivity contribution is -0.0723. The maximum Gasteiger partial charge on any atom is 0.407 e. The molecule has 0 aromatic rings. The van der Waals surface area contributed by atoms with Gasteiger partial charge >= 0.3 is 6.09 Å². The van der Waals surface area contributed by atoms with E-state index >= 15 is 0 Å². The summed E-state index contributed by atoms with van der Waals surface area (Å²) in [6.45, 7) is 4.54. The maximum absolute atomic E-state index is 12.2. The number of ether oxygens (including phenoxy) is 1. The van der Waals surface area contributed by atoms with E-state index in [1.165, 1.54) is 0 Å². The van der Waals surface area contributed by atoms with Crippen molar-refractivity contribution in [3.8, 4) is 0 Å². The first-order chi connectivity index (χ1) is 6.74. The number of carbonyl (C=O) groups is 1. The molecule has 0 atom stereocenters. The van der Waals surface area contributed by atoms with Gasteiger partial charge in [0.25, 0.3) is 0 Å². The van der Waals surface area contributed by atoms with Crippen molar-refractivity contribution in [2.75, 3.05) is 6.67 Å². The smallest absolute Gasteiger partial charge is 0.407 e. The highest BCUT2D eigenvalue weighted by Gasteiger charge is 2.43. The second-order valence-corrected chi connectivity index (χ2v) is 5.11. The van der Waals surface area contributed by atoms with Gasteiger partial charge in [-0.15, -0.1) is 0 Å². The average Bonchev–Trinajstić information content (AvgIpc) is 1.97. The molecule has 0 saturated heterocycles. The molecule has 1 rings (SSSR count). The summed E-state index contributed by atoms with van der Waals surface area (Å²) in [7, 11) is 0. The molecule has 0 unspecified atom stereocenters. The molecular formula is C10H18FNO3. The zero-order valence-corrected chi connectivity index (χ0v) is 9.34. The maximum atomic E-state index is 12.2. The Morgan fingerprint density at radius 1 is 1.60 bits per heavy atom. The van der Waals surface area contributed by atoms with E-state index in [-0.39, 0.29) is 18.9 Å². The van der Waals surface area contributed by atoms with Crippen LogP contribution in [0.1, 0.15) is 33.6 Å². The van der Waals surface area contributed by atoms with Gasteiger partial charge in [-0.1, -0.05) is 0 Å². The van der Waals surface area contributed by atoms with Crippen molar-refractivity contribution >= 4 is 6.09 Å². The van der Waals surface area contributed by atoms with Gasteiger partial charge in [-0.3, -0.25) is 0 Å². The molecule has 0 spiro atoms. The van der Waals surface area contributed by atoms with Gasteiger partial charge in [-0.2, -0.15) is 0 Å². The minimum Gasteiger partial charge on any atom is -0.444 e. The molecule has 15 heavy (non-hydrogen) atoms. The Labute approximate surface area is 88.8 Å². The molecule has 0 radical (unpaired) electrons. The summed E-state index contributed by atoms with van der Waals surface area (Å²) < 4.78 is 17.2. The monoisotopic (exact) mass is 219 g/mol. The Bertz CT molecular complexity index is 244. The van der Waals surface area contributed by atoms with Crippen LogP contribution in [0.25, 0.3) is 0 Å². The molecule has 0 bridgehead atoms. The zero-order valence-electron chi connectivity index (χ0n) is 9.34. The number of hydrogen-bond acceptors (Lipinski definition) is 3. The molecule has 0 aromatic carbocycles. The summed E-state index contributed by atoms with van der Waals surface area (Å²) in [4.78, 5) is 11.3. The molecule has 1 saturated carbocycles. The third-order valence-electron chi connectivity index (χ3n) is 2.22. The van der Waals surface area contributed by atoms with Gasteiger partial charge in [0.15, 0.2) is 0 Å². The van der Waals surface area contributed by atoms with E-state index in [1.54, 1.807) is 20.8 Å². The first kappa shape index (κ1) is 12.2. The van der Waals surface area contributed by atoms with Crippen molar-refractivity contribution < 1.29 is 19.0 Å². The van der Waals surface area contributed by atoms with E-state index < -0.39 is 24.0 Å². The lowest BCUT2D eigenvalue weighted by Crippen LogP contribution is -2.56. The number of carbonyl (C=O) groups excluding carboxylic acids is 1. The Morgan fingerprint density at radius 3 is 2.53 bits per heavy atom. The molecule has 0 heterocycles. The number of nitrogens with one attached hydrogen (secondary N) is 1. The van der Waals surface area contributed by atoms with Crippen molar-refractivity contribution in [2.45, 2.75) is 50.9 Å². The summed E-state index contributed by atoms with van der Waals surface area (Å²) in [5.41, 5.74) is -1.77. The number of hydrogen-bond donors (Lipinski definition) is 2. The number of rotatable bonds is 2. The molecule has 5 heteroatoms. The van der Waals surface area contributed by atoms with E-state index in [4.69, 9.17) is 4.74 Å². The first-order valence-electron chi connectivity index (χ1n) is 5.02. The van der Waals surface area contributed by atoms with Gasteiger partial charge in [0.1, 0.15) is 12.3 Å². The normalized spacial score (nSPS) is 30.6. The number of alkyl carbamates (subject to hydrolysis) is 1. The summed E-state index contributed by atoms with van der Waals surface area (Å²) in [6.07, 6.45) is -0.0146. The zero-order chi connectivity index (χ0) is 11.7. The molecule has 1 aliphatic carbocycles. The Hall–Kier alpha value is -0.840. The lowest BCUT2D eigenvalue weighted by atomic mass is 9.77. The van der Waals surface area contributed by atoms with Crippen LogP contribution in [0.2, 0.25) is 0 Å². The van der Waals surface area contributed by atoms with Crippen LogP contribution in [-0.4, -0.2) is 35.1 Å². The quantitative estimate of drug-likeness (QED) is 0.737. The number of halogens is 1. The van der Waals surface area contributed by atoms with Crippen molar-refractivity contribution in [3.63, 3.8) is 0 Å². The highest BCUT2D eigenvalue weighted by molar-refractivity contribution is 5.68. The Morgan fingerprint density at radius 2 is 2.13 bits per heavy atom. The van der Waals surface area contributed by atoms with Gasteiger partial charge in [-0.05, 0) is 33.6 Å². The van der Waals surface area contributed by atoms with Crippen LogP contribution in [0.5, 0.6) is 0 Å². The van der Waals surface area contributed by atoms with Crippen LogP contribution in [0.3, 0.4) is 0 Å². The summed E-state index contributed by atoms with van der Waals surface area (Å²) in [5, 5.41) is 11.9. The molecule has 1 aliphatic rings. The van der Waals surface area contributed by atoms with Crippen LogP contribution in [-0.2, 0) is 4.74 Å². The van der Waals surface area contributed by atoms with Gasteiger partial charge in [0.2, 0.25) is 0 Å². The first-order valence-corrected chi connectivity index (χ1v) is 5.02. The lowest BCUT2D eigenvalue weighted by Gasteiger charge is -2.41. The summed E-state index contributed by atoms with van der Waals surface area (Å²) in [6, 6.07) is -0.180. The van der Waals surface area contributed by atoms with Gasteiger partial charge in [0, 0.05) is 6.04 Å². The molecule has 0 aromatic heterocycles. The van der Waals surface area contributed by atoms with Crippen molar-refractivity contribution in [1.82, 2.24) is 5.32 Å². The standard InChI is InChI=1S/C10H18FNO3/c1-9(2,3)15-8(13)12-7-4-10(14,5-7)6-11/h7,14H,4-6H2,1-3H3,(H,12,13). The summed E-state index contributed by atoms with van der Waals surface area (Å²) in [5.74, 6) is 0. The fraction of sp³-hybridized carbons (Fsp3) is 0.900. The SMILES string of the molecule is CC(C)(C)OC(=O)NC1CC(O)(CF)C1. The van der Waals surface area contributed by atoms with Crippen molar-refractivity contribution in [1.29, 1.82) is 0 Å². The number of aliphatic hydroxyl groups is 1. The summed E-state index contributed by atoms with van der Waals surface area (Å²) >= 11 is 0. The molecule has 1 fully saturated rings. The number of alkyl halides is 1. The van der Waals surface area contributed by atoms with E-state index in [0.29, 0.717) is 0 Å². The highest BCUT2D eigenvalue weighted by Crippen LogP contribution is 2.32. The number of amides is 1. The Kier molecular flexibility index (Phi) is 3.23. The predicted molar refractivity (Wildman–Crippen MR) is 53.3 cm³/mol. The average molecular weight is 219 g/mol. The Balaban J connectivity index is 2.25. The molecular weight excluding hydrogens is 201 g/mol. The van der Waals surface area contributed by atoms with Crippen molar-refractivity contribution in [3.05, 3.63) is 0 Å². The highest BCUT2D eigenvalue weighted by atomic mass is 19.1. The van der Waals surface area contributed by atoms with Crippen LogP contribution in [0.15, 0.2) is 0 Å². The van der Waals surface area contributed by atoms with Crippen LogP contribution >= 0.6 is 0 Å². The molecule has 0 aliphatic heterocycles. The second kappa shape index (κ2) is 3.96. The van der Waals surface area contributed by atoms with Gasteiger partial charge in [-0.25, -0.2) is 9.18 Å². The molecule has 2 N–H and O–H groups in total. The van der Waals surface area contributed by atoms with Crippen LogP contribution in [0.4, 0.5) is 9.18 Å². The van der Waals surface area contributed by atoms with E-state index in [1.807, 2.05) is 0 Å². The molecule has 4 nitrogen and oxygen atoms in total.